The molecule has 0 spiro atoms. The Kier molecular flexibility index (Phi) is 7.79. The van der Waals surface area contributed by atoms with Crippen LogP contribution in [0.25, 0.3) is 0 Å². The first-order valence-corrected chi connectivity index (χ1v) is 6.41. The molecule has 0 aromatic heterocycles. The lowest BCUT2D eigenvalue weighted by molar-refractivity contribution is -0.173. The molecular weight excluding hydrogens is 220 g/mol. The fourth-order valence-corrected chi connectivity index (χ4v) is 1.12. The highest BCUT2D eigenvalue weighted by molar-refractivity contribution is 5.89. The Labute approximate surface area is 103 Å². The summed E-state index contributed by atoms with van der Waals surface area (Å²) in [6, 6.07) is 0. The molecule has 1 saturated carbocycles. The van der Waals surface area contributed by atoms with Gasteiger partial charge in [0.25, 0.3) is 0 Å². The molecule has 1 rings (SSSR count). The molecule has 0 aromatic rings. The molecule has 0 heterocycles. The van der Waals surface area contributed by atoms with Gasteiger partial charge in [-0.25, -0.2) is 4.79 Å². The van der Waals surface area contributed by atoms with Crippen molar-refractivity contribution in [1.82, 2.24) is 0 Å². The monoisotopic (exact) mass is 244 g/mol. The van der Waals surface area contributed by atoms with Gasteiger partial charge in [0, 0.05) is 6.42 Å². The maximum absolute atomic E-state index is 11.1. The van der Waals surface area contributed by atoms with Crippen molar-refractivity contribution in [3.05, 3.63) is 0 Å². The molecule has 100 valence electrons. The van der Waals surface area contributed by atoms with E-state index in [1.807, 2.05) is 6.92 Å². The SMILES string of the molecule is C1CCC1.CCCC(C)(O)C(=O)OC(=O)CC. The second kappa shape index (κ2) is 8.23. The quantitative estimate of drug-likeness (QED) is 0.610. The summed E-state index contributed by atoms with van der Waals surface area (Å²) in [5.41, 5.74) is -1.54. The molecule has 0 amide bonds. The Morgan fingerprint density at radius 3 is 1.94 bits per heavy atom. The Morgan fingerprint density at radius 2 is 1.65 bits per heavy atom. The number of aliphatic hydroxyl groups is 1. The minimum Gasteiger partial charge on any atom is -0.391 e. The number of carbonyl (C=O) groups is 2. The van der Waals surface area contributed by atoms with Gasteiger partial charge in [-0.05, 0) is 13.3 Å². The normalized spacial score (nSPS) is 16.9. The van der Waals surface area contributed by atoms with Gasteiger partial charge in [0.15, 0.2) is 5.60 Å². The third-order valence-electron chi connectivity index (χ3n) is 2.67. The van der Waals surface area contributed by atoms with Crippen LogP contribution in [0, 0.1) is 0 Å². The Balaban J connectivity index is 0.000000529. The summed E-state index contributed by atoms with van der Waals surface area (Å²) in [6.45, 7) is 4.77. The van der Waals surface area contributed by atoms with Crippen molar-refractivity contribution in [3.63, 3.8) is 0 Å². The molecular formula is C13H24O4. The Hall–Kier alpha value is -0.900. The van der Waals surface area contributed by atoms with E-state index in [0.717, 1.165) is 0 Å². The maximum Gasteiger partial charge on any atom is 0.345 e. The van der Waals surface area contributed by atoms with Gasteiger partial charge < -0.3 is 9.84 Å². The predicted octanol–water partition coefficient (Wildman–Crippen LogP) is 2.58. The lowest BCUT2D eigenvalue weighted by atomic mass is 10.0. The minimum absolute atomic E-state index is 0.133. The first-order valence-electron chi connectivity index (χ1n) is 6.41. The van der Waals surface area contributed by atoms with Crippen LogP contribution >= 0.6 is 0 Å². The topological polar surface area (TPSA) is 63.6 Å². The molecule has 1 atom stereocenters. The van der Waals surface area contributed by atoms with Crippen LogP contribution in [-0.2, 0) is 14.3 Å². The molecule has 1 aliphatic carbocycles. The summed E-state index contributed by atoms with van der Waals surface area (Å²) in [4.78, 5) is 21.8. The fourth-order valence-electron chi connectivity index (χ4n) is 1.12. The first kappa shape index (κ1) is 16.1. The van der Waals surface area contributed by atoms with E-state index in [1.54, 1.807) is 6.92 Å². The summed E-state index contributed by atoms with van der Waals surface area (Å²) in [6.07, 6.45) is 7.08. The van der Waals surface area contributed by atoms with Crippen LogP contribution in [0.1, 0.15) is 65.7 Å². The van der Waals surface area contributed by atoms with Gasteiger partial charge in [0.1, 0.15) is 0 Å². The molecule has 0 aliphatic heterocycles. The van der Waals surface area contributed by atoms with E-state index in [-0.39, 0.29) is 6.42 Å². The van der Waals surface area contributed by atoms with Gasteiger partial charge in [-0.2, -0.15) is 0 Å². The molecule has 1 aliphatic rings. The highest BCUT2D eigenvalue weighted by atomic mass is 16.6. The molecule has 4 heteroatoms. The third-order valence-corrected chi connectivity index (χ3v) is 2.67. The van der Waals surface area contributed by atoms with Crippen molar-refractivity contribution in [2.75, 3.05) is 0 Å². The van der Waals surface area contributed by atoms with E-state index in [4.69, 9.17) is 0 Å². The van der Waals surface area contributed by atoms with E-state index in [0.29, 0.717) is 12.8 Å². The lowest BCUT2D eigenvalue weighted by Crippen LogP contribution is -2.37. The number of rotatable bonds is 4. The smallest absolute Gasteiger partial charge is 0.345 e. The van der Waals surface area contributed by atoms with Crippen molar-refractivity contribution in [1.29, 1.82) is 0 Å². The standard InChI is InChI=1S/C9H16O4.C4H8/c1-4-6-9(3,12)8(11)13-7(10)5-2;1-2-4-3-1/h12H,4-6H2,1-3H3;1-4H2. The van der Waals surface area contributed by atoms with Crippen LogP contribution in [0.3, 0.4) is 0 Å². The van der Waals surface area contributed by atoms with E-state index in [1.165, 1.54) is 32.6 Å². The van der Waals surface area contributed by atoms with E-state index in [9.17, 15) is 14.7 Å². The predicted molar refractivity (Wildman–Crippen MR) is 65.4 cm³/mol. The number of ether oxygens (including phenoxy) is 1. The van der Waals surface area contributed by atoms with Gasteiger partial charge in [-0.3, -0.25) is 4.79 Å². The first-order chi connectivity index (χ1) is 7.94. The largest absolute Gasteiger partial charge is 0.391 e. The van der Waals surface area contributed by atoms with Crippen molar-refractivity contribution in [3.8, 4) is 0 Å². The average molecular weight is 244 g/mol. The van der Waals surface area contributed by atoms with Crippen molar-refractivity contribution >= 4 is 11.9 Å². The molecule has 4 nitrogen and oxygen atoms in total. The molecule has 0 radical (unpaired) electrons. The number of hydrogen-bond donors (Lipinski definition) is 1. The van der Waals surface area contributed by atoms with Crippen LogP contribution in [0.2, 0.25) is 0 Å². The second-order valence-corrected chi connectivity index (χ2v) is 4.55. The zero-order valence-electron chi connectivity index (χ0n) is 11.1. The number of carbonyl (C=O) groups excluding carboxylic acids is 2. The van der Waals surface area contributed by atoms with Gasteiger partial charge in [0.05, 0.1) is 0 Å². The number of esters is 2. The Bertz CT molecular complexity index is 238. The third kappa shape index (κ3) is 7.10. The minimum atomic E-state index is -1.54. The summed E-state index contributed by atoms with van der Waals surface area (Å²) in [5, 5.41) is 9.50. The fraction of sp³-hybridized carbons (Fsp3) is 0.846. The van der Waals surface area contributed by atoms with Crippen LogP contribution in [0.15, 0.2) is 0 Å². The van der Waals surface area contributed by atoms with Gasteiger partial charge in [-0.1, -0.05) is 46.0 Å². The van der Waals surface area contributed by atoms with Crippen LogP contribution in [0.4, 0.5) is 0 Å². The van der Waals surface area contributed by atoms with Crippen molar-refractivity contribution < 1.29 is 19.4 Å². The molecule has 17 heavy (non-hydrogen) atoms. The van der Waals surface area contributed by atoms with E-state index in [2.05, 4.69) is 4.74 Å². The van der Waals surface area contributed by atoms with Gasteiger partial charge >= 0.3 is 11.9 Å². The Morgan fingerprint density at radius 1 is 1.18 bits per heavy atom. The zero-order valence-corrected chi connectivity index (χ0v) is 11.1. The summed E-state index contributed by atoms with van der Waals surface area (Å²) < 4.78 is 4.39. The second-order valence-electron chi connectivity index (χ2n) is 4.55. The molecule has 1 N–H and O–H groups in total. The maximum atomic E-state index is 11.1. The summed E-state index contributed by atoms with van der Waals surface area (Å²) in [5.74, 6) is -1.47. The molecule has 1 unspecified atom stereocenters. The van der Waals surface area contributed by atoms with Crippen LogP contribution in [-0.4, -0.2) is 22.6 Å². The molecule has 0 saturated heterocycles. The molecule has 1 fully saturated rings. The average Bonchev–Trinajstić information content (AvgIpc) is 2.14. The molecule has 0 aromatic carbocycles. The van der Waals surface area contributed by atoms with E-state index >= 15 is 0 Å². The highest BCUT2D eigenvalue weighted by Gasteiger charge is 2.32. The van der Waals surface area contributed by atoms with Crippen molar-refractivity contribution in [2.45, 2.75) is 71.3 Å². The van der Waals surface area contributed by atoms with Crippen LogP contribution < -0.4 is 0 Å². The van der Waals surface area contributed by atoms with Crippen LogP contribution in [0.5, 0.6) is 0 Å². The summed E-state index contributed by atoms with van der Waals surface area (Å²) >= 11 is 0. The van der Waals surface area contributed by atoms with Gasteiger partial charge in [-0.15, -0.1) is 0 Å². The number of hydrogen-bond acceptors (Lipinski definition) is 4. The highest BCUT2D eigenvalue weighted by Crippen LogP contribution is 2.15. The van der Waals surface area contributed by atoms with Gasteiger partial charge in [0.2, 0.25) is 0 Å². The summed E-state index contributed by atoms with van der Waals surface area (Å²) in [7, 11) is 0. The lowest BCUT2D eigenvalue weighted by Gasteiger charge is -2.19. The zero-order chi connectivity index (χ0) is 13.3. The van der Waals surface area contributed by atoms with Crippen molar-refractivity contribution in [2.24, 2.45) is 0 Å². The molecule has 0 bridgehead atoms. The van der Waals surface area contributed by atoms with E-state index < -0.39 is 17.5 Å².